The van der Waals surface area contributed by atoms with Gasteiger partial charge in [-0.2, -0.15) is 4.98 Å². The molecule has 0 spiro atoms. The van der Waals surface area contributed by atoms with Crippen molar-refractivity contribution in [3.05, 3.63) is 24.0 Å². The number of likely N-dealkylation sites (N-methyl/N-ethyl adjacent to an activating group) is 1. The van der Waals surface area contributed by atoms with Crippen LogP contribution in [0.2, 0.25) is 0 Å². The summed E-state index contributed by atoms with van der Waals surface area (Å²) in [6.07, 6.45) is 4.99. The number of nitrogens with zero attached hydrogens (tertiary/aromatic N) is 3. The van der Waals surface area contributed by atoms with Crippen LogP contribution in [0.15, 0.2) is 22.7 Å². The van der Waals surface area contributed by atoms with Crippen LogP contribution in [0.3, 0.4) is 0 Å². The molecule has 2 fully saturated rings. The molecule has 0 radical (unpaired) electrons. The summed E-state index contributed by atoms with van der Waals surface area (Å²) in [7, 11) is 3.74. The van der Waals surface area contributed by atoms with E-state index < -0.39 is 0 Å². The molecule has 1 atom stereocenters. The topological polar surface area (TPSA) is 72.7 Å². The fourth-order valence-electron chi connectivity index (χ4n) is 3.67. The summed E-state index contributed by atoms with van der Waals surface area (Å²) < 4.78 is 17.1. The first kappa shape index (κ1) is 17.3. The lowest BCUT2D eigenvalue weighted by Crippen LogP contribution is -2.44. The van der Waals surface area contributed by atoms with Gasteiger partial charge in [-0.25, -0.2) is 0 Å². The summed E-state index contributed by atoms with van der Waals surface area (Å²) in [5.41, 5.74) is 0.839. The van der Waals surface area contributed by atoms with E-state index in [0.717, 1.165) is 43.8 Å². The minimum atomic E-state index is 0.133. The first-order valence-electron chi connectivity index (χ1n) is 9.34. The Morgan fingerprint density at radius 1 is 1.23 bits per heavy atom. The van der Waals surface area contributed by atoms with E-state index in [9.17, 15) is 0 Å². The summed E-state index contributed by atoms with van der Waals surface area (Å²) in [6.45, 7) is 2.78. The Hall–Kier alpha value is -2.12. The van der Waals surface area contributed by atoms with E-state index in [1.165, 1.54) is 12.8 Å². The van der Waals surface area contributed by atoms with E-state index in [1.807, 2.05) is 18.2 Å². The van der Waals surface area contributed by atoms with Crippen molar-refractivity contribution in [2.24, 2.45) is 0 Å². The second-order valence-corrected chi connectivity index (χ2v) is 7.05. The zero-order chi connectivity index (χ0) is 17.9. The van der Waals surface area contributed by atoms with Crippen molar-refractivity contribution in [1.82, 2.24) is 20.4 Å². The fraction of sp³-hybridized carbons (Fsp3) is 0.579. The molecule has 1 N–H and O–H groups in total. The zero-order valence-electron chi connectivity index (χ0n) is 15.4. The predicted molar refractivity (Wildman–Crippen MR) is 97.4 cm³/mol. The highest BCUT2D eigenvalue weighted by atomic mass is 16.5. The van der Waals surface area contributed by atoms with Crippen LogP contribution < -0.4 is 14.8 Å². The molecule has 1 aliphatic heterocycles. The maximum absolute atomic E-state index is 6.10. The van der Waals surface area contributed by atoms with Gasteiger partial charge in [0.1, 0.15) is 0 Å². The first-order valence-corrected chi connectivity index (χ1v) is 9.34. The Labute approximate surface area is 153 Å². The number of aromatic nitrogens is 2. The molecular formula is C19H26N4O3. The molecule has 1 aromatic carbocycles. The van der Waals surface area contributed by atoms with Crippen LogP contribution in [0.4, 0.5) is 0 Å². The van der Waals surface area contributed by atoms with Crippen LogP contribution in [0.1, 0.15) is 37.5 Å². The molecule has 2 aliphatic rings. The molecule has 1 saturated heterocycles. The summed E-state index contributed by atoms with van der Waals surface area (Å²) in [5.74, 6) is 2.69. The molecule has 1 saturated carbocycles. The van der Waals surface area contributed by atoms with Gasteiger partial charge in [0, 0.05) is 25.2 Å². The number of rotatable bonds is 5. The molecule has 7 nitrogen and oxygen atoms in total. The van der Waals surface area contributed by atoms with Crippen molar-refractivity contribution in [2.75, 3.05) is 33.8 Å². The summed E-state index contributed by atoms with van der Waals surface area (Å²) in [4.78, 5) is 6.85. The smallest absolute Gasteiger partial charge is 0.258 e. The third-order valence-electron chi connectivity index (χ3n) is 5.26. The van der Waals surface area contributed by atoms with E-state index in [4.69, 9.17) is 14.0 Å². The third-order valence-corrected chi connectivity index (χ3v) is 5.26. The molecule has 0 amide bonds. The van der Waals surface area contributed by atoms with Crippen molar-refractivity contribution in [3.8, 4) is 23.0 Å². The standard InChI is InChI=1S/C19H26N4O3/c1-23-10-9-20-12-15(23)18-21-19(26-22-18)13-7-8-16(17(11-13)24-2)25-14-5-3-4-6-14/h7-8,11,14-15,20H,3-6,9-10,12H2,1-2H3. The molecule has 2 heterocycles. The quantitative estimate of drug-likeness (QED) is 0.881. The minimum absolute atomic E-state index is 0.133. The lowest BCUT2D eigenvalue weighted by molar-refractivity contribution is 0.190. The SMILES string of the molecule is COc1cc(-c2nc(C3CNCCN3C)no2)ccc1OC1CCCC1. The number of nitrogens with one attached hydrogen (secondary N) is 1. The maximum atomic E-state index is 6.10. The van der Waals surface area contributed by atoms with Crippen LogP contribution in [0.5, 0.6) is 11.5 Å². The van der Waals surface area contributed by atoms with E-state index in [0.29, 0.717) is 23.6 Å². The van der Waals surface area contributed by atoms with Crippen LogP contribution >= 0.6 is 0 Å². The summed E-state index contributed by atoms with van der Waals surface area (Å²) in [6, 6.07) is 5.93. The highest BCUT2D eigenvalue weighted by Crippen LogP contribution is 2.35. The normalized spacial score (nSPS) is 21.8. The minimum Gasteiger partial charge on any atom is -0.493 e. The average molecular weight is 358 g/mol. The first-order chi connectivity index (χ1) is 12.7. The molecule has 140 valence electrons. The molecule has 1 aromatic heterocycles. The maximum Gasteiger partial charge on any atom is 0.258 e. The van der Waals surface area contributed by atoms with Gasteiger partial charge in [-0.05, 0) is 50.9 Å². The van der Waals surface area contributed by atoms with Crippen molar-refractivity contribution >= 4 is 0 Å². The molecule has 26 heavy (non-hydrogen) atoms. The monoisotopic (exact) mass is 358 g/mol. The number of ether oxygens (including phenoxy) is 2. The Morgan fingerprint density at radius 2 is 2.08 bits per heavy atom. The number of piperazine rings is 1. The molecule has 1 aliphatic carbocycles. The van der Waals surface area contributed by atoms with Crippen molar-refractivity contribution < 1.29 is 14.0 Å². The van der Waals surface area contributed by atoms with E-state index in [1.54, 1.807) is 7.11 Å². The van der Waals surface area contributed by atoms with Gasteiger partial charge in [-0.1, -0.05) is 5.16 Å². The zero-order valence-corrected chi connectivity index (χ0v) is 15.4. The number of benzene rings is 1. The van der Waals surface area contributed by atoms with Gasteiger partial charge in [-0.3, -0.25) is 4.90 Å². The lowest BCUT2D eigenvalue weighted by Gasteiger charge is -2.30. The second-order valence-electron chi connectivity index (χ2n) is 7.05. The molecule has 0 bridgehead atoms. The lowest BCUT2D eigenvalue weighted by atomic mass is 10.2. The second kappa shape index (κ2) is 7.63. The van der Waals surface area contributed by atoms with E-state index in [-0.39, 0.29) is 6.04 Å². The van der Waals surface area contributed by atoms with Crippen molar-refractivity contribution in [3.63, 3.8) is 0 Å². The summed E-state index contributed by atoms with van der Waals surface area (Å²) >= 11 is 0. The Bertz CT molecular complexity index is 742. The van der Waals surface area contributed by atoms with Gasteiger partial charge < -0.3 is 19.3 Å². The predicted octanol–water partition coefficient (Wildman–Crippen LogP) is 2.64. The largest absolute Gasteiger partial charge is 0.493 e. The summed E-state index contributed by atoms with van der Waals surface area (Å²) in [5, 5.41) is 7.56. The van der Waals surface area contributed by atoms with Crippen molar-refractivity contribution in [2.45, 2.75) is 37.8 Å². The molecule has 7 heteroatoms. The van der Waals surface area contributed by atoms with Gasteiger partial charge in [0.05, 0.1) is 19.3 Å². The van der Waals surface area contributed by atoms with E-state index >= 15 is 0 Å². The number of hydrogen-bond donors (Lipinski definition) is 1. The average Bonchev–Trinajstić information content (AvgIpc) is 3.34. The Balaban J connectivity index is 1.54. The fourth-order valence-corrected chi connectivity index (χ4v) is 3.67. The van der Waals surface area contributed by atoms with Gasteiger partial charge in [-0.15, -0.1) is 0 Å². The van der Waals surface area contributed by atoms with Crippen LogP contribution in [-0.2, 0) is 0 Å². The van der Waals surface area contributed by atoms with Crippen LogP contribution in [0, 0.1) is 0 Å². The molecular weight excluding hydrogens is 332 g/mol. The number of methoxy groups -OCH3 is 1. The third kappa shape index (κ3) is 3.54. The Morgan fingerprint density at radius 3 is 2.85 bits per heavy atom. The van der Waals surface area contributed by atoms with Gasteiger partial charge in [0.15, 0.2) is 17.3 Å². The molecule has 4 rings (SSSR count). The van der Waals surface area contributed by atoms with Crippen LogP contribution in [-0.4, -0.2) is 54.9 Å². The Kier molecular flexibility index (Phi) is 5.08. The molecule has 1 unspecified atom stereocenters. The van der Waals surface area contributed by atoms with E-state index in [2.05, 4.69) is 27.4 Å². The van der Waals surface area contributed by atoms with Gasteiger partial charge in [0.25, 0.3) is 5.89 Å². The molecule has 2 aromatic rings. The van der Waals surface area contributed by atoms with Crippen LogP contribution in [0.25, 0.3) is 11.5 Å². The van der Waals surface area contributed by atoms with Gasteiger partial charge >= 0.3 is 0 Å². The number of hydrogen-bond acceptors (Lipinski definition) is 7. The highest BCUT2D eigenvalue weighted by Gasteiger charge is 2.26. The van der Waals surface area contributed by atoms with Crippen molar-refractivity contribution in [1.29, 1.82) is 0 Å². The van der Waals surface area contributed by atoms with Gasteiger partial charge in [0.2, 0.25) is 0 Å². The highest BCUT2D eigenvalue weighted by molar-refractivity contribution is 5.59.